The number of halogens is 6. The molecule has 8 heavy (non-hydrogen) atoms. The fourth-order valence-corrected chi connectivity index (χ4v) is 0. The molecule has 8 heteroatoms. The van der Waals surface area contributed by atoms with E-state index in [2.05, 4.69) is 0 Å². The minimum Gasteiger partial charge on any atom is -1.00 e. The summed E-state index contributed by atoms with van der Waals surface area (Å²) in [5.74, 6) is 0. The second-order valence-electron chi connectivity index (χ2n) is 0. The van der Waals surface area contributed by atoms with Crippen LogP contribution in [-0.4, -0.2) is 17.4 Å². The van der Waals surface area contributed by atoms with Crippen LogP contribution in [0.25, 0.3) is 0 Å². The molecular weight excluding hydrogens is 288 g/mol. The minimum atomic E-state index is 0. The first-order valence-electron chi connectivity index (χ1n) is 0. The molecule has 0 heterocycles. The second kappa shape index (κ2) is 90.4. The molecule has 0 saturated carbocycles. The fraction of sp³-hybridized carbons (Fsp3) is 0. The summed E-state index contributed by atoms with van der Waals surface area (Å²) >= 11 is 0. The van der Waals surface area contributed by atoms with E-state index in [0.717, 1.165) is 0 Å². The Kier molecular flexibility index (Phi) is 1390. The van der Waals surface area contributed by atoms with Gasteiger partial charge in [0.05, 0.1) is 0 Å². The van der Waals surface area contributed by atoms with Gasteiger partial charge < -0.3 is 74.4 Å². The molecule has 1 radical (unpaired) electrons. The number of hydrogen-bond donors (Lipinski definition) is 0. The Bertz CT molecular complexity index is 8.49. The summed E-state index contributed by atoms with van der Waals surface area (Å²) in [5.41, 5.74) is 0. The van der Waals surface area contributed by atoms with Gasteiger partial charge in [0.25, 0.3) is 0 Å². The molecule has 49 valence electrons. The maximum absolute atomic E-state index is 0. The average Bonchev–Trinajstić information content (AvgIpc) is 0. The van der Waals surface area contributed by atoms with Gasteiger partial charge in [-0.1, -0.05) is 0 Å². The van der Waals surface area contributed by atoms with Crippen LogP contribution in [0.2, 0.25) is 0 Å². The molecule has 0 rings (SSSR count). The molecule has 0 bridgehead atoms. The third-order valence-electron chi connectivity index (χ3n) is 0. The van der Waals surface area contributed by atoms with E-state index < -0.39 is 0 Å². The molecule has 0 aliphatic carbocycles. The molecule has 0 atom stereocenters. The summed E-state index contributed by atoms with van der Waals surface area (Å²) in [4.78, 5) is 0. The molecule has 0 fully saturated rings. The van der Waals surface area contributed by atoms with E-state index in [0.29, 0.717) is 0 Å². The van der Waals surface area contributed by atoms with Gasteiger partial charge in [-0.2, -0.15) is 0 Å². The topological polar surface area (TPSA) is 0 Å². The second-order valence-corrected chi connectivity index (χ2v) is 0. The molecule has 0 aliphatic rings. The number of rotatable bonds is 0. The van der Waals surface area contributed by atoms with Crippen LogP contribution in [0, 0.1) is 0 Å². The van der Waals surface area contributed by atoms with E-state index in [-0.39, 0.29) is 114 Å². The first-order chi connectivity index (χ1) is 0. The monoisotopic (exact) mass is 285 g/mol. The third kappa shape index (κ3) is 64.3. The number of hydrogen-bond acceptors (Lipinski definition) is 0. The van der Waals surface area contributed by atoms with Crippen molar-refractivity contribution in [1.29, 1.82) is 0 Å². The summed E-state index contributed by atoms with van der Waals surface area (Å²) in [7, 11) is 0. The summed E-state index contributed by atoms with van der Waals surface area (Å²) in [6, 6.07) is 0. The first kappa shape index (κ1) is 123. The van der Waals surface area contributed by atoms with Gasteiger partial charge in [0.2, 0.25) is 0 Å². The van der Waals surface area contributed by atoms with Crippen LogP contribution in [0.3, 0.4) is 0 Å². The van der Waals surface area contributed by atoms with Crippen molar-refractivity contribution in [3.63, 3.8) is 0 Å². The van der Waals surface area contributed by atoms with Crippen molar-refractivity contribution in [2.75, 3.05) is 0 Å². The van der Waals surface area contributed by atoms with E-state index in [1.165, 1.54) is 0 Å². The van der Waals surface area contributed by atoms with Gasteiger partial charge >= 0.3 is 39.1 Å². The zero-order valence-electron chi connectivity index (χ0n) is 3.35. The molecule has 0 aromatic heterocycles. The Morgan fingerprint density at radius 3 is 0.375 bits per heavy atom. The van der Waals surface area contributed by atoms with Crippen molar-refractivity contribution >= 4 is 17.4 Å². The fourth-order valence-electron chi connectivity index (χ4n) is 0. The van der Waals surface area contributed by atoms with Crippen molar-refractivity contribution in [1.82, 2.24) is 0 Å². The summed E-state index contributed by atoms with van der Waals surface area (Å²) in [6.45, 7) is 0. The minimum absolute atomic E-state index is 0. The third-order valence-corrected chi connectivity index (χ3v) is 0. The van der Waals surface area contributed by atoms with Crippen LogP contribution in [0.5, 0.6) is 0 Å². The van der Waals surface area contributed by atoms with Gasteiger partial charge in [0.1, 0.15) is 0 Å². The summed E-state index contributed by atoms with van der Waals surface area (Å²) < 4.78 is 0. The van der Waals surface area contributed by atoms with Crippen LogP contribution in [0.1, 0.15) is 0 Å². The molecule has 0 aliphatic heterocycles. The Labute approximate surface area is 112 Å². The van der Waals surface area contributed by atoms with E-state index in [4.69, 9.17) is 0 Å². The Morgan fingerprint density at radius 1 is 0.375 bits per heavy atom. The molecular formula is AlCl6Ti. The van der Waals surface area contributed by atoms with Gasteiger partial charge in [-0.3, -0.25) is 0 Å². The molecule has 0 aromatic rings. The van der Waals surface area contributed by atoms with Crippen LogP contribution in [0.4, 0.5) is 0 Å². The maximum atomic E-state index is 0. The standard InChI is InChI=1S/Al.6ClH.Ti/h;6*1H;/q+3;;;;;;;+3/p-6. The predicted molar refractivity (Wildman–Crippen MR) is 5.75 cm³/mol. The van der Waals surface area contributed by atoms with Crippen molar-refractivity contribution < 1.29 is 96.2 Å². The van der Waals surface area contributed by atoms with Crippen LogP contribution >= 0.6 is 0 Å². The predicted octanol–water partition coefficient (Wildman–Crippen LogP) is -18.4. The molecule has 0 unspecified atom stereocenters. The van der Waals surface area contributed by atoms with Crippen molar-refractivity contribution in [2.45, 2.75) is 0 Å². The van der Waals surface area contributed by atoms with E-state index in [9.17, 15) is 0 Å². The largest absolute Gasteiger partial charge is 3.00 e. The van der Waals surface area contributed by atoms with Crippen molar-refractivity contribution in [3.05, 3.63) is 0 Å². The zero-order valence-corrected chi connectivity index (χ0v) is 10.6. The Balaban J connectivity index is 0. The molecule has 0 spiro atoms. The van der Waals surface area contributed by atoms with Crippen LogP contribution in [0.15, 0.2) is 0 Å². The smallest absolute Gasteiger partial charge is 1.00 e. The van der Waals surface area contributed by atoms with Gasteiger partial charge in [-0.15, -0.1) is 0 Å². The van der Waals surface area contributed by atoms with Crippen LogP contribution < -0.4 is 74.4 Å². The van der Waals surface area contributed by atoms with E-state index in [1.54, 1.807) is 0 Å². The molecule has 0 aromatic carbocycles. The van der Waals surface area contributed by atoms with E-state index >= 15 is 0 Å². The SMILES string of the molecule is [Al+3].[Cl-].[Cl-].[Cl-].[Cl-].[Cl-].[Cl-].[Ti+3]. The van der Waals surface area contributed by atoms with Gasteiger partial charge in [0, 0.05) is 0 Å². The van der Waals surface area contributed by atoms with Gasteiger partial charge in [-0.05, 0) is 0 Å². The summed E-state index contributed by atoms with van der Waals surface area (Å²) in [5, 5.41) is 0. The zero-order chi connectivity index (χ0) is 0. The average molecular weight is 288 g/mol. The van der Waals surface area contributed by atoms with Gasteiger partial charge in [-0.25, -0.2) is 0 Å². The quantitative estimate of drug-likeness (QED) is 0.388. The molecule has 0 saturated heterocycles. The van der Waals surface area contributed by atoms with Crippen LogP contribution in [-0.2, 0) is 21.7 Å². The van der Waals surface area contributed by atoms with E-state index in [1.807, 2.05) is 0 Å². The Morgan fingerprint density at radius 2 is 0.375 bits per heavy atom. The van der Waals surface area contributed by atoms with Gasteiger partial charge in [0.15, 0.2) is 0 Å². The normalized spacial score (nSPS) is 0. The molecule has 0 amide bonds. The molecule has 0 nitrogen and oxygen atoms in total. The molecule has 0 N–H and O–H groups in total. The first-order valence-corrected chi connectivity index (χ1v) is 0. The van der Waals surface area contributed by atoms with Crippen molar-refractivity contribution in [2.24, 2.45) is 0 Å². The Hall–Kier alpha value is 2.99. The summed E-state index contributed by atoms with van der Waals surface area (Å²) in [6.07, 6.45) is 0. The maximum Gasteiger partial charge on any atom is 3.00 e. The van der Waals surface area contributed by atoms with Crippen molar-refractivity contribution in [3.8, 4) is 0 Å².